The highest BCUT2D eigenvalue weighted by atomic mass is 79.9. The fraction of sp³-hybridized carbons (Fsp3) is 0.312. The average Bonchev–Trinajstić information content (AvgIpc) is 2.78. The number of halogens is 2. The number of thioether (sulfide) groups is 1. The molecule has 1 aliphatic rings. The number of hydrogen-bond acceptors (Lipinski definition) is 5. The van der Waals surface area contributed by atoms with Gasteiger partial charge in [-0.1, -0.05) is 46.3 Å². The molecule has 1 amide bonds. The van der Waals surface area contributed by atoms with Gasteiger partial charge in [0.2, 0.25) is 0 Å². The lowest BCUT2D eigenvalue weighted by atomic mass is 10.1. The van der Waals surface area contributed by atoms with Crippen molar-refractivity contribution in [1.29, 1.82) is 0 Å². The van der Waals surface area contributed by atoms with Crippen LogP contribution in [0.1, 0.15) is 31.2 Å². The Labute approximate surface area is 171 Å². The summed E-state index contributed by atoms with van der Waals surface area (Å²) < 4.78 is 1.78. The van der Waals surface area contributed by atoms with Gasteiger partial charge in [0, 0.05) is 23.0 Å². The lowest BCUT2D eigenvalue weighted by molar-refractivity contribution is -0.137. The highest BCUT2D eigenvalue weighted by Gasteiger charge is 2.31. The van der Waals surface area contributed by atoms with Gasteiger partial charge in [0.15, 0.2) is 0 Å². The van der Waals surface area contributed by atoms with Crippen LogP contribution < -0.4 is 0 Å². The first-order valence-electron chi connectivity index (χ1n) is 7.44. The predicted octanol–water partition coefficient (Wildman–Crippen LogP) is 4.76. The van der Waals surface area contributed by atoms with E-state index >= 15 is 0 Å². The fourth-order valence-corrected chi connectivity index (χ4v) is 4.81. The molecule has 5 nitrogen and oxygen atoms in total. The van der Waals surface area contributed by atoms with Crippen molar-refractivity contribution < 1.29 is 19.8 Å². The van der Waals surface area contributed by atoms with Crippen molar-refractivity contribution in [1.82, 2.24) is 4.90 Å². The third-order valence-corrected chi connectivity index (χ3v) is 5.93. The van der Waals surface area contributed by atoms with Gasteiger partial charge >= 0.3 is 5.97 Å². The van der Waals surface area contributed by atoms with E-state index in [1.54, 1.807) is 18.2 Å². The maximum absolute atomic E-state index is 12.5. The normalized spacial score (nSPS) is 16.1. The van der Waals surface area contributed by atoms with Gasteiger partial charge in [-0.2, -0.15) is 0 Å². The smallest absolute Gasteiger partial charge is 0.303 e. The molecule has 1 heterocycles. The van der Waals surface area contributed by atoms with Crippen LogP contribution in [0, 0.1) is 0 Å². The van der Waals surface area contributed by atoms with Crippen molar-refractivity contribution in [3.8, 4) is 5.75 Å². The number of carbonyl (C=O) groups excluding carboxylic acids is 1. The topological polar surface area (TPSA) is 77.8 Å². The molecular weight excluding hydrogens is 494 g/mol. The zero-order valence-electron chi connectivity index (χ0n) is 13.0. The Bertz CT molecular complexity index is 752. The fourth-order valence-electron chi connectivity index (χ4n) is 2.25. The second-order valence-electron chi connectivity index (χ2n) is 5.36. The molecule has 134 valence electrons. The quantitative estimate of drug-likeness (QED) is 0.314. The lowest BCUT2D eigenvalue weighted by Crippen LogP contribution is -2.29. The average molecular weight is 509 g/mol. The first-order valence-corrected chi connectivity index (χ1v) is 10.3. The second kappa shape index (κ2) is 9.16. The summed E-state index contributed by atoms with van der Waals surface area (Å²) in [4.78, 5) is 25.0. The van der Waals surface area contributed by atoms with Gasteiger partial charge in [-0.05, 0) is 47.0 Å². The molecule has 0 atom stereocenters. The standard InChI is InChI=1S/C16H15Br2NO4S2/c17-10-6-9(14(22)11(18)8-10)7-12-15(23)19(16(24)25-12)5-3-1-2-4-13(20)21/h6-8,22H,1-5H2,(H,20,21)/b12-7-. The number of rotatable bonds is 7. The van der Waals surface area contributed by atoms with Crippen LogP contribution >= 0.6 is 55.8 Å². The third-order valence-electron chi connectivity index (χ3n) is 3.49. The van der Waals surface area contributed by atoms with Crippen LogP contribution in [0.5, 0.6) is 5.75 Å². The SMILES string of the molecule is O=C(O)CCCCCN1C(=O)/C(=C/c2cc(Br)cc(Br)c2O)SC1=S. The van der Waals surface area contributed by atoms with Crippen molar-refractivity contribution in [2.24, 2.45) is 0 Å². The molecule has 2 rings (SSSR count). The van der Waals surface area contributed by atoms with Crippen LogP contribution in [0.25, 0.3) is 6.08 Å². The number of phenols is 1. The van der Waals surface area contributed by atoms with Gasteiger partial charge in [0.05, 0.1) is 9.38 Å². The van der Waals surface area contributed by atoms with Crippen molar-refractivity contribution in [2.75, 3.05) is 6.54 Å². The van der Waals surface area contributed by atoms with Crippen LogP contribution in [0.2, 0.25) is 0 Å². The maximum atomic E-state index is 12.5. The van der Waals surface area contributed by atoms with E-state index < -0.39 is 5.97 Å². The third kappa shape index (κ3) is 5.54. The molecule has 1 aromatic carbocycles. The van der Waals surface area contributed by atoms with E-state index in [1.807, 2.05) is 0 Å². The van der Waals surface area contributed by atoms with E-state index in [0.717, 1.165) is 10.9 Å². The number of benzene rings is 1. The molecule has 1 saturated heterocycles. The lowest BCUT2D eigenvalue weighted by Gasteiger charge is -2.13. The largest absolute Gasteiger partial charge is 0.506 e. The first-order chi connectivity index (χ1) is 11.8. The number of carbonyl (C=O) groups is 2. The molecule has 0 saturated carbocycles. The molecule has 1 aliphatic heterocycles. The zero-order valence-corrected chi connectivity index (χ0v) is 17.8. The Morgan fingerprint density at radius 1 is 1.28 bits per heavy atom. The molecule has 1 fully saturated rings. The van der Waals surface area contributed by atoms with E-state index in [2.05, 4.69) is 31.9 Å². The molecule has 0 radical (unpaired) electrons. The van der Waals surface area contributed by atoms with Crippen LogP contribution in [0.4, 0.5) is 0 Å². The predicted molar refractivity (Wildman–Crippen MR) is 109 cm³/mol. The molecule has 1 aromatic rings. The van der Waals surface area contributed by atoms with E-state index in [9.17, 15) is 14.7 Å². The second-order valence-corrected chi connectivity index (χ2v) is 8.81. The van der Waals surface area contributed by atoms with Crippen molar-refractivity contribution in [2.45, 2.75) is 25.7 Å². The van der Waals surface area contributed by atoms with Crippen LogP contribution in [0.3, 0.4) is 0 Å². The van der Waals surface area contributed by atoms with Gasteiger partial charge in [-0.3, -0.25) is 14.5 Å². The summed E-state index contributed by atoms with van der Waals surface area (Å²) in [5, 5.41) is 18.7. The van der Waals surface area contributed by atoms with Crippen LogP contribution in [-0.2, 0) is 9.59 Å². The van der Waals surface area contributed by atoms with Crippen LogP contribution in [0.15, 0.2) is 26.0 Å². The molecule has 25 heavy (non-hydrogen) atoms. The Hall–Kier alpha value is -0.900. The number of hydrogen-bond donors (Lipinski definition) is 2. The number of carboxylic acid groups (broad SMARTS) is 1. The highest BCUT2D eigenvalue weighted by Crippen LogP contribution is 2.37. The van der Waals surface area contributed by atoms with E-state index in [1.165, 1.54) is 16.7 Å². The molecule has 0 unspecified atom stereocenters. The van der Waals surface area contributed by atoms with Gasteiger partial charge in [0.25, 0.3) is 5.91 Å². The van der Waals surface area contributed by atoms with Gasteiger partial charge in [-0.25, -0.2) is 0 Å². The molecule has 0 aliphatic carbocycles. The zero-order chi connectivity index (χ0) is 18.6. The van der Waals surface area contributed by atoms with Gasteiger partial charge in [-0.15, -0.1) is 0 Å². The molecular formula is C16H15Br2NO4S2. The van der Waals surface area contributed by atoms with E-state index in [0.29, 0.717) is 38.6 Å². The van der Waals surface area contributed by atoms with Crippen molar-refractivity contribution in [3.63, 3.8) is 0 Å². The summed E-state index contributed by atoms with van der Waals surface area (Å²) in [6, 6.07) is 3.44. The first kappa shape index (κ1) is 20.4. The maximum Gasteiger partial charge on any atom is 0.303 e. The Balaban J connectivity index is 2.04. The number of nitrogens with zero attached hydrogens (tertiary/aromatic N) is 1. The number of aromatic hydroxyl groups is 1. The molecule has 9 heteroatoms. The van der Waals surface area contributed by atoms with Crippen LogP contribution in [-0.4, -0.2) is 37.9 Å². The summed E-state index contributed by atoms with van der Waals surface area (Å²) in [6.07, 6.45) is 3.76. The van der Waals surface area contributed by atoms with Gasteiger partial charge < -0.3 is 10.2 Å². The van der Waals surface area contributed by atoms with Gasteiger partial charge in [0.1, 0.15) is 10.1 Å². The van der Waals surface area contributed by atoms with E-state index in [4.69, 9.17) is 17.3 Å². The number of phenolic OH excluding ortho intramolecular Hbond substituents is 1. The minimum Gasteiger partial charge on any atom is -0.506 e. The minimum atomic E-state index is -0.812. The highest BCUT2D eigenvalue weighted by molar-refractivity contribution is 9.11. The monoisotopic (exact) mass is 507 g/mol. The summed E-state index contributed by atoms with van der Waals surface area (Å²) in [6.45, 7) is 0.468. The number of amides is 1. The van der Waals surface area contributed by atoms with E-state index in [-0.39, 0.29) is 18.1 Å². The number of carboxylic acids is 1. The summed E-state index contributed by atoms with van der Waals surface area (Å²) in [5.74, 6) is -0.945. The van der Waals surface area contributed by atoms with Crippen molar-refractivity contribution >= 4 is 78.1 Å². The molecule has 0 bridgehead atoms. The Morgan fingerprint density at radius 3 is 2.68 bits per heavy atom. The number of unbranched alkanes of at least 4 members (excludes halogenated alkanes) is 2. The molecule has 2 N–H and O–H groups in total. The minimum absolute atomic E-state index is 0.0575. The number of thiocarbonyl (C=S) groups is 1. The Morgan fingerprint density at radius 2 is 2.00 bits per heavy atom. The summed E-state index contributed by atoms with van der Waals surface area (Å²) in [5.41, 5.74) is 0.517. The number of aliphatic carboxylic acids is 1. The molecule has 0 spiro atoms. The van der Waals surface area contributed by atoms with Crippen molar-refractivity contribution in [3.05, 3.63) is 31.5 Å². The summed E-state index contributed by atoms with van der Waals surface area (Å²) in [7, 11) is 0. The Kier molecular flexibility index (Phi) is 7.48. The summed E-state index contributed by atoms with van der Waals surface area (Å²) >= 11 is 13.1. The molecule has 0 aromatic heterocycles.